The molecule has 3 atom stereocenters. The van der Waals surface area contributed by atoms with Crippen LogP contribution in [0.5, 0.6) is 0 Å². The standard InChI is InChI=1S/C25H26N4O3/c1-4-14(2)26-23(30)17-10-6-8-12-20(17)29-24(31)21-13-18-16-9-5-7-11-19(16)27-22(18)15(3)28(21)25(29)32/h5-12,14-15,21,27H,4,13H2,1-3H3,(H,26,30)/t14-,15-,21-/m0/s1. The highest BCUT2D eigenvalue weighted by Crippen LogP contribution is 2.42. The Morgan fingerprint density at radius 1 is 1.16 bits per heavy atom. The van der Waals surface area contributed by atoms with Gasteiger partial charge in [-0.1, -0.05) is 37.3 Å². The molecule has 1 saturated heterocycles. The lowest BCUT2D eigenvalue weighted by molar-refractivity contribution is -0.120. The van der Waals surface area contributed by atoms with E-state index in [0.29, 0.717) is 17.7 Å². The molecule has 0 radical (unpaired) electrons. The summed E-state index contributed by atoms with van der Waals surface area (Å²) in [5, 5.41) is 4.02. The molecule has 7 nitrogen and oxygen atoms in total. The number of fused-ring (bicyclic) bond motifs is 4. The zero-order valence-corrected chi connectivity index (χ0v) is 18.4. The number of hydrogen-bond acceptors (Lipinski definition) is 3. The second-order valence-corrected chi connectivity index (χ2v) is 8.62. The molecule has 164 valence electrons. The minimum absolute atomic E-state index is 0.00907. The summed E-state index contributed by atoms with van der Waals surface area (Å²) in [6, 6.07) is 13.5. The molecule has 0 unspecified atom stereocenters. The number of hydrogen-bond donors (Lipinski definition) is 2. The van der Waals surface area contributed by atoms with Crippen LogP contribution in [0.2, 0.25) is 0 Å². The van der Waals surface area contributed by atoms with E-state index >= 15 is 0 Å². The van der Waals surface area contributed by atoms with Crippen LogP contribution in [-0.4, -0.2) is 39.8 Å². The van der Waals surface area contributed by atoms with Crippen molar-refractivity contribution in [3.8, 4) is 0 Å². The average molecular weight is 431 g/mol. The topological polar surface area (TPSA) is 85.5 Å². The van der Waals surface area contributed by atoms with Gasteiger partial charge in [-0.2, -0.15) is 0 Å². The van der Waals surface area contributed by atoms with E-state index in [9.17, 15) is 14.4 Å². The van der Waals surface area contributed by atoms with Gasteiger partial charge in [0.1, 0.15) is 6.04 Å². The zero-order chi connectivity index (χ0) is 22.6. The first kappa shape index (κ1) is 20.3. The maximum Gasteiger partial charge on any atom is 0.332 e. The fraction of sp³-hybridized carbons (Fsp3) is 0.320. The zero-order valence-electron chi connectivity index (χ0n) is 18.4. The van der Waals surface area contributed by atoms with Gasteiger partial charge in [0.25, 0.3) is 11.8 Å². The van der Waals surface area contributed by atoms with E-state index in [2.05, 4.69) is 10.3 Å². The van der Waals surface area contributed by atoms with E-state index in [4.69, 9.17) is 0 Å². The van der Waals surface area contributed by atoms with Crippen LogP contribution in [0, 0.1) is 0 Å². The normalized spacial score (nSPS) is 21.0. The van der Waals surface area contributed by atoms with Crippen molar-refractivity contribution >= 4 is 34.4 Å². The van der Waals surface area contributed by atoms with Crippen LogP contribution in [0.25, 0.3) is 10.9 Å². The number of aromatic nitrogens is 1. The SMILES string of the molecule is CC[C@H](C)NC(=O)c1ccccc1N1C(=O)[C@@H]2Cc3c([nH]c4ccccc34)[C@H](C)N2C1=O. The number of H-pyrrole nitrogens is 1. The lowest BCUT2D eigenvalue weighted by Crippen LogP contribution is -2.42. The third-order valence-electron chi connectivity index (χ3n) is 6.71. The van der Waals surface area contributed by atoms with Crippen LogP contribution in [0.15, 0.2) is 48.5 Å². The number of nitrogens with zero attached hydrogens (tertiary/aromatic N) is 2. The Labute approximate surface area is 186 Å². The number of para-hydroxylation sites is 2. The van der Waals surface area contributed by atoms with Gasteiger partial charge < -0.3 is 15.2 Å². The number of anilines is 1. The third kappa shape index (κ3) is 2.92. The molecule has 0 aliphatic carbocycles. The lowest BCUT2D eigenvalue weighted by Gasteiger charge is -2.33. The van der Waals surface area contributed by atoms with Gasteiger partial charge in [0, 0.05) is 29.1 Å². The van der Waals surface area contributed by atoms with Crippen molar-refractivity contribution in [2.45, 2.75) is 51.7 Å². The molecule has 2 aliphatic heterocycles. The maximum atomic E-state index is 13.5. The van der Waals surface area contributed by atoms with Gasteiger partial charge in [0.05, 0.1) is 17.3 Å². The van der Waals surface area contributed by atoms with Gasteiger partial charge in [-0.05, 0) is 44.0 Å². The molecule has 3 aromatic rings. The predicted octanol–water partition coefficient (Wildman–Crippen LogP) is 4.15. The molecular formula is C25H26N4O3. The molecular weight excluding hydrogens is 404 g/mol. The van der Waals surface area contributed by atoms with Crippen molar-refractivity contribution in [1.29, 1.82) is 0 Å². The molecule has 7 heteroatoms. The van der Waals surface area contributed by atoms with Crippen molar-refractivity contribution in [3.63, 3.8) is 0 Å². The minimum Gasteiger partial charge on any atom is -0.356 e. The van der Waals surface area contributed by atoms with Crippen molar-refractivity contribution in [2.24, 2.45) is 0 Å². The number of imide groups is 1. The fourth-order valence-corrected chi connectivity index (χ4v) is 4.85. The van der Waals surface area contributed by atoms with E-state index in [-0.39, 0.29) is 29.9 Å². The summed E-state index contributed by atoms with van der Waals surface area (Å²) in [7, 11) is 0. The summed E-state index contributed by atoms with van der Waals surface area (Å²) in [5.41, 5.74) is 3.71. The molecule has 0 bridgehead atoms. The Kier molecular flexibility index (Phi) is 4.77. The average Bonchev–Trinajstić information content (AvgIpc) is 3.29. The highest BCUT2D eigenvalue weighted by Gasteiger charge is 2.52. The molecule has 2 aromatic carbocycles. The number of rotatable bonds is 4. The molecule has 2 aliphatic rings. The summed E-state index contributed by atoms with van der Waals surface area (Å²) in [5.74, 6) is -0.578. The number of nitrogens with one attached hydrogen (secondary N) is 2. The molecule has 1 aromatic heterocycles. The largest absolute Gasteiger partial charge is 0.356 e. The molecule has 1 fully saturated rings. The molecule has 32 heavy (non-hydrogen) atoms. The van der Waals surface area contributed by atoms with Crippen LogP contribution in [-0.2, 0) is 11.2 Å². The summed E-state index contributed by atoms with van der Waals surface area (Å²) < 4.78 is 0. The summed E-state index contributed by atoms with van der Waals surface area (Å²) in [6.45, 7) is 5.85. The Hall–Kier alpha value is -3.61. The first-order valence-corrected chi connectivity index (χ1v) is 11.1. The van der Waals surface area contributed by atoms with Gasteiger partial charge in [-0.15, -0.1) is 0 Å². The number of carbonyl (C=O) groups is 3. The second kappa shape index (κ2) is 7.51. The first-order chi connectivity index (χ1) is 15.4. The Morgan fingerprint density at radius 2 is 1.88 bits per heavy atom. The fourth-order valence-electron chi connectivity index (χ4n) is 4.85. The van der Waals surface area contributed by atoms with Crippen molar-refractivity contribution in [2.75, 3.05) is 4.90 Å². The predicted molar refractivity (Wildman–Crippen MR) is 123 cm³/mol. The first-order valence-electron chi connectivity index (χ1n) is 11.1. The molecule has 0 spiro atoms. The highest BCUT2D eigenvalue weighted by molar-refractivity contribution is 6.24. The number of amides is 4. The van der Waals surface area contributed by atoms with Crippen LogP contribution in [0.4, 0.5) is 10.5 Å². The van der Waals surface area contributed by atoms with Gasteiger partial charge >= 0.3 is 6.03 Å². The Morgan fingerprint density at radius 3 is 2.66 bits per heavy atom. The number of carbonyl (C=O) groups excluding carboxylic acids is 3. The molecule has 3 heterocycles. The number of urea groups is 1. The molecule has 2 N–H and O–H groups in total. The van der Waals surface area contributed by atoms with E-state index in [1.165, 1.54) is 4.90 Å². The summed E-state index contributed by atoms with van der Waals surface area (Å²) >= 11 is 0. The second-order valence-electron chi connectivity index (χ2n) is 8.62. The molecule has 4 amide bonds. The van der Waals surface area contributed by atoms with E-state index in [1.54, 1.807) is 29.2 Å². The van der Waals surface area contributed by atoms with Crippen molar-refractivity contribution in [1.82, 2.24) is 15.2 Å². The van der Waals surface area contributed by atoms with Crippen LogP contribution in [0.3, 0.4) is 0 Å². The Bertz CT molecular complexity index is 1250. The maximum absolute atomic E-state index is 13.5. The summed E-state index contributed by atoms with van der Waals surface area (Å²) in [6.07, 6.45) is 1.24. The van der Waals surface area contributed by atoms with Crippen molar-refractivity contribution in [3.05, 3.63) is 65.4 Å². The van der Waals surface area contributed by atoms with Crippen molar-refractivity contribution < 1.29 is 14.4 Å². The monoisotopic (exact) mass is 430 g/mol. The minimum atomic E-state index is -0.588. The number of benzene rings is 2. The Balaban J connectivity index is 1.53. The van der Waals surface area contributed by atoms with Crippen LogP contribution < -0.4 is 10.2 Å². The van der Waals surface area contributed by atoms with Gasteiger partial charge in [0.15, 0.2) is 0 Å². The molecule has 5 rings (SSSR count). The quantitative estimate of drug-likeness (QED) is 0.610. The number of aromatic amines is 1. The third-order valence-corrected chi connectivity index (χ3v) is 6.71. The lowest BCUT2D eigenvalue weighted by atomic mass is 9.93. The van der Waals surface area contributed by atoms with Crippen LogP contribution >= 0.6 is 0 Å². The smallest absolute Gasteiger partial charge is 0.332 e. The van der Waals surface area contributed by atoms with E-state index < -0.39 is 6.04 Å². The van der Waals surface area contributed by atoms with E-state index in [1.807, 2.05) is 45.0 Å². The van der Waals surface area contributed by atoms with Crippen LogP contribution in [0.1, 0.15) is 54.8 Å². The van der Waals surface area contributed by atoms with E-state index in [0.717, 1.165) is 28.6 Å². The highest BCUT2D eigenvalue weighted by atomic mass is 16.2. The van der Waals surface area contributed by atoms with Gasteiger partial charge in [-0.3, -0.25) is 9.59 Å². The van der Waals surface area contributed by atoms with Gasteiger partial charge in [0.2, 0.25) is 0 Å². The van der Waals surface area contributed by atoms with Gasteiger partial charge in [-0.25, -0.2) is 9.69 Å². The summed E-state index contributed by atoms with van der Waals surface area (Å²) in [4.78, 5) is 46.2. The molecule has 0 saturated carbocycles.